The molecular formula is C10H14N2OS2. The smallest absolute Gasteiger partial charge is 0.119 e. The van der Waals surface area contributed by atoms with Crippen molar-refractivity contribution in [2.24, 2.45) is 5.14 Å². The number of hydrogen-bond acceptors (Lipinski definition) is 5. The van der Waals surface area contributed by atoms with Crippen molar-refractivity contribution in [3.8, 4) is 5.75 Å². The Hall–Kier alpha value is -0.360. The second-order valence-electron chi connectivity index (χ2n) is 3.29. The van der Waals surface area contributed by atoms with Crippen LogP contribution in [-0.2, 0) is 6.54 Å². The minimum Gasteiger partial charge on any atom is -0.497 e. The Morgan fingerprint density at radius 3 is 3.13 bits per heavy atom. The van der Waals surface area contributed by atoms with Gasteiger partial charge in [0.25, 0.3) is 0 Å². The molecule has 2 rings (SSSR count). The SMILES string of the molecule is COc1ccc2c(c1)CN(SN)CCS2. The lowest BCUT2D eigenvalue weighted by atomic mass is 10.2. The Morgan fingerprint density at radius 1 is 1.53 bits per heavy atom. The fraction of sp³-hybridized carbons (Fsp3) is 0.400. The Balaban J connectivity index is 2.27. The summed E-state index contributed by atoms with van der Waals surface area (Å²) in [6.07, 6.45) is 0. The van der Waals surface area contributed by atoms with E-state index in [1.54, 1.807) is 7.11 Å². The average Bonchev–Trinajstić information content (AvgIpc) is 2.49. The van der Waals surface area contributed by atoms with Crippen molar-refractivity contribution >= 4 is 23.9 Å². The highest BCUT2D eigenvalue weighted by atomic mass is 32.2. The molecule has 1 aliphatic heterocycles. The summed E-state index contributed by atoms with van der Waals surface area (Å²) in [7, 11) is 1.70. The van der Waals surface area contributed by atoms with E-state index in [1.165, 1.54) is 22.6 Å². The van der Waals surface area contributed by atoms with E-state index in [1.807, 2.05) is 17.8 Å². The van der Waals surface area contributed by atoms with Gasteiger partial charge in [0.1, 0.15) is 5.75 Å². The normalized spacial score (nSPS) is 16.9. The molecule has 1 aromatic carbocycles. The second-order valence-corrected chi connectivity index (χ2v) is 5.16. The van der Waals surface area contributed by atoms with E-state index >= 15 is 0 Å². The van der Waals surface area contributed by atoms with E-state index in [-0.39, 0.29) is 0 Å². The van der Waals surface area contributed by atoms with E-state index in [0.717, 1.165) is 24.6 Å². The van der Waals surface area contributed by atoms with Crippen LogP contribution in [0, 0.1) is 0 Å². The number of rotatable bonds is 2. The molecule has 0 unspecified atom stereocenters. The fourth-order valence-corrected chi connectivity index (χ4v) is 3.09. The van der Waals surface area contributed by atoms with E-state index in [0.29, 0.717) is 0 Å². The molecule has 0 bridgehead atoms. The highest BCUT2D eigenvalue weighted by Gasteiger charge is 2.14. The quantitative estimate of drug-likeness (QED) is 0.804. The zero-order chi connectivity index (χ0) is 10.7. The van der Waals surface area contributed by atoms with Gasteiger partial charge in [-0.2, -0.15) is 0 Å². The highest BCUT2D eigenvalue weighted by Crippen LogP contribution is 2.31. The number of nitrogens with two attached hydrogens (primary N) is 1. The lowest BCUT2D eigenvalue weighted by Crippen LogP contribution is -2.18. The summed E-state index contributed by atoms with van der Waals surface area (Å²) in [5, 5.41) is 5.60. The topological polar surface area (TPSA) is 38.5 Å². The maximum atomic E-state index is 5.60. The number of nitrogens with zero attached hydrogens (tertiary/aromatic N) is 1. The summed E-state index contributed by atoms with van der Waals surface area (Å²) >= 11 is 3.20. The van der Waals surface area contributed by atoms with Gasteiger partial charge in [0, 0.05) is 35.9 Å². The largest absolute Gasteiger partial charge is 0.497 e. The lowest BCUT2D eigenvalue weighted by molar-refractivity contribution is 0.412. The summed E-state index contributed by atoms with van der Waals surface area (Å²) in [6.45, 7) is 1.91. The minimum atomic E-state index is 0.890. The van der Waals surface area contributed by atoms with Gasteiger partial charge in [0.2, 0.25) is 0 Å². The van der Waals surface area contributed by atoms with Crippen molar-refractivity contribution in [1.82, 2.24) is 4.31 Å². The molecule has 82 valence electrons. The summed E-state index contributed by atoms with van der Waals surface area (Å²) in [6, 6.07) is 6.23. The van der Waals surface area contributed by atoms with E-state index in [9.17, 15) is 0 Å². The van der Waals surface area contributed by atoms with Gasteiger partial charge in [-0.1, -0.05) is 0 Å². The van der Waals surface area contributed by atoms with Crippen molar-refractivity contribution in [3.63, 3.8) is 0 Å². The lowest BCUT2D eigenvalue weighted by Gasteiger charge is -2.15. The molecule has 5 heteroatoms. The van der Waals surface area contributed by atoms with Crippen LogP contribution in [0.1, 0.15) is 5.56 Å². The van der Waals surface area contributed by atoms with Crippen LogP contribution in [0.5, 0.6) is 5.75 Å². The van der Waals surface area contributed by atoms with E-state index < -0.39 is 0 Å². The minimum absolute atomic E-state index is 0.890. The predicted octanol–water partition coefficient (Wildman–Crippen LogP) is 2.12. The van der Waals surface area contributed by atoms with Crippen LogP contribution >= 0.6 is 23.9 Å². The van der Waals surface area contributed by atoms with Crippen molar-refractivity contribution in [1.29, 1.82) is 0 Å². The molecule has 0 amide bonds. The van der Waals surface area contributed by atoms with Gasteiger partial charge < -0.3 is 4.74 Å². The molecule has 0 aromatic heterocycles. The molecule has 1 heterocycles. The molecule has 0 saturated heterocycles. The van der Waals surface area contributed by atoms with Crippen molar-refractivity contribution in [3.05, 3.63) is 23.8 Å². The van der Waals surface area contributed by atoms with Crippen molar-refractivity contribution in [2.75, 3.05) is 19.4 Å². The number of methoxy groups -OCH3 is 1. The maximum absolute atomic E-state index is 5.60. The van der Waals surface area contributed by atoms with Gasteiger partial charge in [-0.05, 0) is 23.8 Å². The molecule has 0 aliphatic carbocycles. The predicted molar refractivity (Wildman–Crippen MR) is 65.9 cm³/mol. The third-order valence-corrected chi connectivity index (χ3v) is 4.07. The molecule has 1 aliphatic rings. The van der Waals surface area contributed by atoms with Gasteiger partial charge in [-0.15, -0.1) is 11.8 Å². The molecule has 3 nitrogen and oxygen atoms in total. The van der Waals surface area contributed by atoms with Crippen LogP contribution in [0.3, 0.4) is 0 Å². The fourth-order valence-electron chi connectivity index (χ4n) is 1.56. The van der Waals surface area contributed by atoms with Crippen LogP contribution in [0.4, 0.5) is 0 Å². The summed E-state index contributed by atoms with van der Waals surface area (Å²) in [5.41, 5.74) is 1.30. The Labute approximate surface area is 98.6 Å². The molecule has 0 saturated carbocycles. The first-order chi connectivity index (χ1) is 7.33. The van der Waals surface area contributed by atoms with Gasteiger partial charge >= 0.3 is 0 Å². The van der Waals surface area contributed by atoms with E-state index in [2.05, 4.69) is 16.4 Å². The number of ether oxygens (including phenoxy) is 1. The first-order valence-electron chi connectivity index (χ1n) is 4.75. The maximum Gasteiger partial charge on any atom is 0.119 e. The Bertz CT molecular complexity index is 346. The second kappa shape index (κ2) is 5.12. The van der Waals surface area contributed by atoms with Crippen LogP contribution in [-0.4, -0.2) is 23.7 Å². The highest BCUT2D eigenvalue weighted by molar-refractivity contribution is 7.99. The molecule has 1 aromatic rings. The van der Waals surface area contributed by atoms with Crippen molar-refractivity contribution < 1.29 is 4.74 Å². The molecule has 0 radical (unpaired) electrons. The summed E-state index contributed by atoms with van der Waals surface area (Å²) < 4.78 is 7.39. The van der Waals surface area contributed by atoms with Gasteiger partial charge in [-0.3, -0.25) is 5.14 Å². The number of benzene rings is 1. The first kappa shape index (κ1) is 11.1. The number of fused-ring (bicyclic) bond motifs is 1. The zero-order valence-corrected chi connectivity index (χ0v) is 10.2. The molecule has 2 N–H and O–H groups in total. The molecule has 0 fully saturated rings. The van der Waals surface area contributed by atoms with E-state index in [4.69, 9.17) is 9.88 Å². The first-order valence-corrected chi connectivity index (χ1v) is 6.57. The van der Waals surface area contributed by atoms with Gasteiger partial charge in [0.15, 0.2) is 0 Å². The third kappa shape index (κ3) is 2.60. The van der Waals surface area contributed by atoms with Crippen molar-refractivity contribution in [2.45, 2.75) is 11.4 Å². The van der Waals surface area contributed by atoms with Crippen LogP contribution in [0.15, 0.2) is 23.1 Å². The number of hydrogen-bond donors (Lipinski definition) is 1. The van der Waals surface area contributed by atoms with Crippen LogP contribution in [0.2, 0.25) is 0 Å². The summed E-state index contributed by atoms with van der Waals surface area (Å²) in [5.74, 6) is 2.00. The Kier molecular flexibility index (Phi) is 3.80. The van der Waals surface area contributed by atoms with Gasteiger partial charge in [0.05, 0.1) is 7.11 Å². The zero-order valence-electron chi connectivity index (χ0n) is 8.60. The van der Waals surface area contributed by atoms with Crippen LogP contribution in [0.25, 0.3) is 0 Å². The van der Waals surface area contributed by atoms with Crippen LogP contribution < -0.4 is 9.88 Å². The summed E-state index contributed by atoms with van der Waals surface area (Å²) in [4.78, 5) is 1.34. The average molecular weight is 242 g/mol. The Morgan fingerprint density at radius 2 is 2.40 bits per heavy atom. The standard InChI is InChI=1S/C10H14N2OS2/c1-13-9-2-3-10-8(6-9)7-12(15-11)4-5-14-10/h2-3,6H,4-5,7,11H2,1H3. The molecule has 0 spiro atoms. The molecule has 15 heavy (non-hydrogen) atoms. The number of thioether (sulfide) groups is 1. The molecular weight excluding hydrogens is 228 g/mol. The van der Waals surface area contributed by atoms with Gasteiger partial charge in [-0.25, -0.2) is 4.31 Å². The monoisotopic (exact) mass is 242 g/mol. The molecule has 0 atom stereocenters. The third-order valence-electron chi connectivity index (χ3n) is 2.36.